The molecule has 0 spiro atoms. The molecule has 0 heterocycles. The number of anilines is 1. The van der Waals surface area contributed by atoms with Crippen LogP contribution in [0.15, 0.2) is 18.2 Å². The van der Waals surface area contributed by atoms with E-state index in [0.717, 1.165) is 12.1 Å². The molecule has 1 aromatic carbocycles. The van der Waals surface area contributed by atoms with Gasteiger partial charge in [0.15, 0.2) is 11.6 Å². The van der Waals surface area contributed by atoms with Gasteiger partial charge in [-0.25, -0.2) is 8.78 Å². The van der Waals surface area contributed by atoms with Crippen LogP contribution in [0.4, 0.5) is 14.5 Å². The molecule has 0 amide bonds. The molecule has 0 aliphatic heterocycles. The number of halogens is 3. The minimum Gasteiger partial charge on any atom is -0.365 e. The number of rotatable bonds is 2. The molecule has 4 heteroatoms. The second kappa shape index (κ2) is 3.85. The van der Waals surface area contributed by atoms with E-state index in [9.17, 15) is 8.78 Å². The topological polar surface area (TPSA) is 3.24 Å². The molecule has 0 aliphatic rings. The number of nitrogens with zero attached hydrogens (tertiary/aromatic N) is 1. The maximum Gasteiger partial charge on any atom is 0.160 e. The van der Waals surface area contributed by atoms with E-state index >= 15 is 0 Å². The van der Waals surface area contributed by atoms with Crippen molar-refractivity contribution in [2.45, 2.75) is 0 Å². The standard InChI is InChI=1S/C8H8BrF2N/c1-12(5-9)6-2-3-7(10)8(11)4-6/h2-4H,5H2,1H3. The highest BCUT2D eigenvalue weighted by atomic mass is 79.9. The summed E-state index contributed by atoms with van der Waals surface area (Å²) in [5.41, 5.74) is 1.23. The minimum atomic E-state index is -0.819. The summed E-state index contributed by atoms with van der Waals surface area (Å²) < 4.78 is 25.1. The normalized spacial score (nSPS) is 10.0. The van der Waals surface area contributed by atoms with Crippen molar-refractivity contribution in [1.82, 2.24) is 0 Å². The van der Waals surface area contributed by atoms with Crippen LogP contribution in [0.25, 0.3) is 0 Å². The van der Waals surface area contributed by atoms with E-state index in [4.69, 9.17) is 0 Å². The van der Waals surface area contributed by atoms with Crippen LogP contribution in [0.5, 0.6) is 0 Å². The van der Waals surface area contributed by atoms with Crippen molar-refractivity contribution in [1.29, 1.82) is 0 Å². The summed E-state index contributed by atoms with van der Waals surface area (Å²) in [7, 11) is 1.78. The van der Waals surface area contributed by atoms with E-state index in [1.165, 1.54) is 6.07 Å². The third-order valence-electron chi connectivity index (χ3n) is 1.52. The van der Waals surface area contributed by atoms with Crippen molar-refractivity contribution in [2.24, 2.45) is 0 Å². The lowest BCUT2D eigenvalue weighted by atomic mass is 10.3. The molecule has 0 aliphatic carbocycles. The SMILES string of the molecule is CN(CBr)c1ccc(F)c(F)c1. The first-order valence-electron chi connectivity index (χ1n) is 3.37. The summed E-state index contributed by atoms with van der Waals surface area (Å²) in [4.78, 5) is 1.75. The molecule has 0 radical (unpaired) electrons. The number of alkyl halides is 1. The zero-order valence-electron chi connectivity index (χ0n) is 6.52. The van der Waals surface area contributed by atoms with Gasteiger partial charge in [0.1, 0.15) is 0 Å². The fraction of sp³-hybridized carbons (Fsp3) is 0.250. The summed E-state index contributed by atoms with van der Waals surface area (Å²) in [5.74, 6) is -1.64. The molecule has 0 saturated carbocycles. The lowest BCUT2D eigenvalue weighted by Gasteiger charge is -2.15. The van der Waals surface area contributed by atoms with Gasteiger partial charge < -0.3 is 4.90 Å². The monoisotopic (exact) mass is 235 g/mol. The second-order valence-corrected chi connectivity index (χ2v) is 2.92. The maximum absolute atomic E-state index is 12.7. The lowest BCUT2D eigenvalue weighted by molar-refractivity contribution is 0.508. The van der Waals surface area contributed by atoms with Crippen molar-refractivity contribution in [3.63, 3.8) is 0 Å². The zero-order valence-corrected chi connectivity index (χ0v) is 8.11. The molecular formula is C8H8BrF2N. The molecule has 0 atom stereocenters. The average Bonchev–Trinajstić information content (AvgIpc) is 2.08. The molecule has 0 N–H and O–H groups in total. The summed E-state index contributed by atoms with van der Waals surface area (Å²) >= 11 is 3.20. The Morgan fingerprint density at radius 3 is 2.50 bits per heavy atom. The van der Waals surface area contributed by atoms with Crippen molar-refractivity contribution >= 4 is 21.6 Å². The summed E-state index contributed by atoms with van der Waals surface area (Å²) in [6, 6.07) is 3.81. The molecular weight excluding hydrogens is 228 g/mol. The molecule has 1 nitrogen and oxygen atoms in total. The van der Waals surface area contributed by atoms with Gasteiger partial charge in [0, 0.05) is 18.8 Å². The van der Waals surface area contributed by atoms with Gasteiger partial charge in [0.2, 0.25) is 0 Å². The predicted octanol–water partition coefficient (Wildman–Crippen LogP) is 2.75. The van der Waals surface area contributed by atoms with Crippen LogP contribution in [-0.2, 0) is 0 Å². The van der Waals surface area contributed by atoms with Gasteiger partial charge in [-0.15, -0.1) is 0 Å². The average molecular weight is 236 g/mol. The highest BCUT2D eigenvalue weighted by Crippen LogP contribution is 2.16. The van der Waals surface area contributed by atoms with Gasteiger partial charge in [-0.1, -0.05) is 15.9 Å². The Balaban J connectivity index is 2.96. The van der Waals surface area contributed by atoms with Crippen molar-refractivity contribution in [3.8, 4) is 0 Å². The van der Waals surface area contributed by atoms with Crippen LogP contribution in [-0.4, -0.2) is 12.5 Å². The van der Waals surface area contributed by atoms with Gasteiger partial charge in [-0.05, 0) is 12.1 Å². The predicted molar refractivity (Wildman–Crippen MR) is 48.6 cm³/mol. The fourth-order valence-corrected chi connectivity index (χ4v) is 1.08. The summed E-state index contributed by atoms with van der Waals surface area (Å²) in [5, 5.41) is 0. The minimum absolute atomic E-state index is 0.581. The van der Waals surface area contributed by atoms with Crippen LogP contribution in [0, 0.1) is 11.6 Å². The summed E-state index contributed by atoms with van der Waals surface area (Å²) in [6.45, 7) is 0. The Labute approximate surface area is 78.1 Å². The van der Waals surface area contributed by atoms with Gasteiger partial charge in [-0.3, -0.25) is 0 Å². The Morgan fingerprint density at radius 1 is 1.33 bits per heavy atom. The highest BCUT2D eigenvalue weighted by molar-refractivity contribution is 9.09. The van der Waals surface area contributed by atoms with Gasteiger partial charge in [0.25, 0.3) is 0 Å². The zero-order chi connectivity index (χ0) is 9.14. The van der Waals surface area contributed by atoms with Gasteiger partial charge in [0.05, 0.1) is 5.45 Å². The van der Waals surface area contributed by atoms with Gasteiger partial charge >= 0.3 is 0 Å². The second-order valence-electron chi connectivity index (χ2n) is 2.42. The smallest absolute Gasteiger partial charge is 0.160 e. The molecule has 0 aromatic heterocycles. The number of hydrogen-bond donors (Lipinski definition) is 0. The first-order chi connectivity index (χ1) is 5.65. The molecule has 1 rings (SSSR count). The van der Waals surface area contributed by atoms with Crippen molar-refractivity contribution in [2.75, 3.05) is 17.4 Å². The van der Waals surface area contributed by atoms with E-state index in [1.54, 1.807) is 11.9 Å². The van der Waals surface area contributed by atoms with E-state index in [2.05, 4.69) is 15.9 Å². The van der Waals surface area contributed by atoms with Crippen LogP contribution in [0.1, 0.15) is 0 Å². The Hall–Kier alpha value is -0.640. The summed E-state index contributed by atoms with van der Waals surface area (Å²) in [6.07, 6.45) is 0. The fourth-order valence-electron chi connectivity index (χ4n) is 0.791. The maximum atomic E-state index is 12.7. The first kappa shape index (κ1) is 9.45. The third-order valence-corrected chi connectivity index (χ3v) is 2.28. The quantitative estimate of drug-likeness (QED) is 0.563. The largest absolute Gasteiger partial charge is 0.365 e. The molecule has 0 unspecified atom stereocenters. The molecule has 0 saturated heterocycles. The van der Waals surface area contributed by atoms with Crippen molar-refractivity contribution in [3.05, 3.63) is 29.8 Å². The van der Waals surface area contributed by atoms with Crippen LogP contribution >= 0.6 is 15.9 Å². The van der Waals surface area contributed by atoms with E-state index in [0.29, 0.717) is 11.1 Å². The Bertz CT molecular complexity index is 278. The van der Waals surface area contributed by atoms with E-state index in [-0.39, 0.29) is 0 Å². The third kappa shape index (κ3) is 1.94. The Kier molecular flexibility index (Phi) is 3.03. The van der Waals surface area contributed by atoms with Crippen molar-refractivity contribution < 1.29 is 8.78 Å². The Morgan fingerprint density at radius 2 is 2.00 bits per heavy atom. The van der Waals surface area contributed by atoms with Crippen LogP contribution in [0.3, 0.4) is 0 Å². The van der Waals surface area contributed by atoms with E-state index in [1.807, 2.05) is 0 Å². The van der Waals surface area contributed by atoms with E-state index < -0.39 is 11.6 Å². The number of hydrogen-bond acceptors (Lipinski definition) is 1. The highest BCUT2D eigenvalue weighted by Gasteiger charge is 2.04. The lowest BCUT2D eigenvalue weighted by Crippen LogP contribution is -2.13. The van der Waals surface area contributed by atoms with Gasteiger partial charge in [-0.2, -0.15) is 0 Å². The molecule has 66 valence electrons. The number of benzene rings is 1. The van der Waals surface area contributed by atoms with Crippen LogP contribution < -0.4 is 4.90 Å². The molecule has 0 fully saturated rings. The van der Waals surface area contributed by atoms with Crippen LogP contribution in [0.2, 0.25) is 0 Å². The molecule has 12 heavy (non-hydrogen) atoms. The molecule has 1 aromatic rings. The molecule has 0 bridgehead atoms. The first-order valence-corrected chi connectivity index (χ1v) is 4.49.